The topological polar surface area (TPSA) is 88.9 Å². The minimum Gasteiger partial charge on any atom is -0.326 e. The van der Waals surface area contributed by atoms with E-state index in [0.717, 1.165) is 5.56 Å². The van der Waals surface area contributed by atoms with Gasteiger partial charge in [-0.05, 0) is 42.8 Å². The number of rotatable bonds is 4. The van der Waals surface area contributed by atoms with Crippen LogP contribution < -0.4 is 16.4 Å². The molecule has 0 aliphatic carbocycles. The summed E-state index contributed by atoms with van der Waals surface area (Å²) in [6, 6.07) is 12.4. The Hall–Kier alpha value is -3.65. The zero-order valence-electron chi connectivity index (χ0n) is 16.7. The van der Waals surface area contributed by atoms with Crippen molar-refractivity contribution in [2.24, 2.45) is 0 Å². The molecule has 31 heavy (non-hydrogen) atoms. The third kappa shape index (κ3) is 3.89. The summed E-state index contributed by atoms with van der Waals surface area (Å²) in [6.07, 6.45) is 0. The van der Waals surface area contributed by atoms with E-state index in [9.17, 15) is 18.8 Å². The molecule has 0 spiro atoms. The van der Waals surface area contributed by atoms with Gasteiger partial charge < -0.3 is 9.88 Å². The minimum absolute atomic E-state index is 0.113. The van der Waals surface area contributed by atoms with Crippen molar-refractivity contribution in [2.75, 3.05) is 5.32 Å². The summed E-state index contributed by atoms with van der Waals surface area (Å²) in [5.74, 6) is -0.785. The van der Waals surface area contributed by atoms with E-state index in [1.807, 2.05) is 6.07 Å². The molecule has 9 heteroatoms. The molecule has 4 rings (SSSR count). The average Bonchev–Trinajstić information content (AvgIpc) is 3.03. The number of amides is 1. The molecule has 0 bridgehead atoms. The van der Waals surface area contributed by atoms with Gasteiger partial charge in [-0.25, -0.2) is 9.07 Å². The molecule has 158 valence electrons. The van der Waals surface area contributed by atoms with E-state index >= 15 is 0 Å². The highest BCUT2D eigenvalue weighted by Crippen LogP contribution is 2.20. The van der Waals surface area contributed by atoms with Gasteiger partial charge in [0.05, 0.1) is 28.2 Å². The molecule has 0 radical (unpaired) electrons. The Morgan fingerprint density at radius 1 is 1.16 bits per heavy atom. The monoisotopic (exact) mass is 440 g/mol. The fourth-order valence-electron chi connectivity index (χ4n) is 3.55. The summed E-state index contributed by atoms with van der Waals surface area (Å²) in [5.41, 5.74) is 1.95. The van der Waals surface area contributed by atoms with Gasteiger partial charge in [-0.1, -0.05) is 23.7 Å². The van der Waals surface area contributed by atoms with Crippen LogP contribution in [0.1, 0.15) is 18.2 Å². The largest absolute Gasteiger partial charge is 0.326 e. The minimum atomic E-state index is -0.591. The lowest BCUT2D eigenvalue weighted by atomic mass is 10.1. The van der Waals surface area contributed by atoms with Crippen molar-refractivity contribution >= 4 is 34.1 Å². The van der Waals surface area contributed by atoms with Gasteiger partial charge in [0.2, 0.25) is 5.91 Å². The number of anilines is 1. The Morgan fingerprint density at radius 2 is 1.94 bits per heavy atom. The summed E-state index contributed by atoms with van der Waals surface area (Å²) in [7, 11) is 0. The van der Waals surface area contributed by atoms with Gasteiger partial charge in [-0.15, -0.1) is 0 Å². The lowest BCUT2D eigenvalue weighted by Gasteiger charge is -2.11. The Bertz CT molecular complexity index is 1450. The van der Waals surface area contributed by atoms with Gasteiger partial charge in [0.25, 0.3) is 11.1 Å². The molecule has 1 amide bonds. The average molecular weight is 441 g/mol. The first kappa shape index (κ1) is 20.6. The number of aromatic nitrogens is 3. The van der Waals surface area contributed by atoms with Gasteiger partial charge in [0.1, 0.15) is 5.82 Å². The third-order valence-corrected chi connectivity index (χ3v) is 5.26. The molecule has 7 nitrogen and oxygen atoms in total. The van der Waals surface area contributed by atoms with Gasteiger partial charge in [-0.2, -0.15) is 0 Å². The molecule has 2 aromatic heterocycles. The molecule has 0 aliphatic rings. The van der Waals surface area contributed by atoms with Crippen molar-refractivity contribution in [3.8, 4) is 5.69 Å². The first-order valence-electron chi connectivity index (χ1n) is 9.41. The van der Waals surface area contributed by atoms with Crippen LogP contribution >= 0.6 is 11.6 Å². The fraction of sp³-hybridized carbons (Fsp3) is 0.136. The predicted octanol–water partition coefficient (Wildman–Crippen LogP) is 3.59. The number of carbonyl (C=O) groups is 1. The van der Waals surface area contributed by atoms with Crippen molar-refractivity contribution in [3.05, 3.63) is 91.3 Å². The van der Waals surface area contributed by atoms with Gasteiger partial charge in [0.15, 0.2) is 0 Å². The molecule has 0 atom stereocenters. The summed E-state index contributed by atoms with van der Waals surface area (Å²) in [6.45, 7) is 3.33. The lowest BCUT2D eigenvalue weighted by Crippen LogP contribution is -2.24. The normalized spacial score (nSPS) is 11.1. The highest BCUT2D eigenvalue weighted by atomic mass is 35.5. The summed E-state index contributed by atoms with van der Waals surface area (Å²) in [5, 5.41) is 5.83. The van der Waals surface area contributed by atoms with Crippen molar-refractivity contribution in [1.82, 2.24) is 14.3 Å². The quantitative estimate of drug-likeness (QED) is 0.508. The maximum Gasteiger partial charge on any atom is 0.280 e. The number of halogens is 2. The molecule has 0 aliphatic heterocycles. The molecule has 4 aromatic rings. The number of nitrogens with zero attached hydrogens (tertiary/aromatic N) is 2. The van der Waals surface area contributed by atoms with E-state index in [4.69, 9.17) is 11.6 Å². The molecular formula is C22H18ClFN4O3. The summed E-state index contributed by atoms with van der Waals surface area (Å²) in [4.78, 5) is 37.1. The number of hydrogen-bond donors (Lipinski definition) is 2. The molecule has 2 aromatic carbocycles. The van der Waals surface area contributed by atoms with Crippen LogP contribution in [-0.2, 0) is 11.3 Å². The van der Waals surface area contributed by atoms with E-state index < -0.39 is 5.82 Å². The van der Waals surface area contributed by atoms with Crippen molar-refractivity contribution < 1.29 is 9.18 Å². The second-order valence-corrected chi connectivity index (χ2v) is 7.58. The van der Waals surface area contributed by atoms with E-state index in [2.05, 4.69) is 10.4 Å². The van der Waals surface area contributed by atoms with Crippen LogP contribution in [0.3, 0.4) is 0 Å². The van der Waals surface area contributed by atoms with E-state index in [1.54, 1.807) is 25.1 Å². The number of pyridine rings is 1. The van der Waals surface area contributed by atoms with Gasteiger partial charge in [0, 0.05) is 24.4 Å². The van der Waals surface area contributed by atoms with E-state index in [0.29, 0.717) is 28.0 Å². The first-order chi connectivity index (χ1) is 14.7. The molecule has 0 unspecified atom stereocenters. The Kier molecular flexibility index (Phi) is 5.24. The highest BCUT2D eigenvalue weighted by Gasteiger charge is 2.16. The first-order valence-corrected chi connectivity index (χ1v) is 9.79. The van der Waals surface area contributed by atoms with Crippen LogP contribution in [0.2, 0.25) is 5.02 Å². The number of hydrogen-bond acceptors (Lipinski definition) is 3. The molecule has 0 saturated heterocycles. The van der Waals surface area contributed by atoms with Crippen LogP contribution in [0.4, 0.5) is 10.1 Å². The van der Waals surface area contributed by atoms with Crippen molar-refractivity contribution in [3.63, 3.8) is 0 Å². The number of fused-ring (bicyclic) bond motifs is 1. The SMILES string of the molecule is CC(=O)Nc1cccc(Cn2c(C)c3c(=O)n(-c4ccc(F)c(Cl)c4)[nH]c3cc2=O)c1. The van der Waals surface area contributed by atoms with Crippen LogP contribution in [-0.4, -0.2) is 20.3 Å². The Balaban J connectivity index is 1.81. The number of aryl methyl sites for hydroxylation is 1. The van der Waals surface area contributed by atoms with Crippen LogP contribution in [0.5, 0.6) is 0 Å². The second kappa shape index (κ2) is 7.88. The predicted molar refractivity (Wildman–Crippen MR) is 118 cm³/mol. The van der Waals surface area contributed by atoms with Crippen molar-refractivity contribution in [1.29, 1.82) is 0 Å². The number of benzene rings is 2. The maximum atomic E-state index is 13.5. The van der Waals surface area contributed by atoms with Crippen LogP contribution in [0.15, 0.2) is 58.1 Å². The molecule has 2 heterocycles. The molecule has 0 saturated carbocycles. The van der Waals surface area contributed by atoms with E-state index in [-0.39, 0.29) is 28.6 Å². The maximum absolute atomic E-state index is 13.5. The third-order valence-electron chi connectivity index (χ3n) is 4.97. The molecular weight excluding hydrogens is 423 g/mol. The van der Waals surface area contributed by atoms with Gasteiger partial charge >= 0.3 is 0 Å². The smallest absolute Gasteiger partial charge is 0.280 e. The lowest BCUT2D eigenvalue weighted by molar-refractivity contribution is -0.114. The number of nitrogens with one attached hydrogen (secondary N) is 2. The number of carbonyl (C=O) groups excluding carboxylic acids is 1. The standard InChI is InChI=1S/C22H18ClFN4O3/c1-12-21-19(26-28(22(21)31)16-6-7-18(24)17(23)9-16)10-20(30)27(12)11-14-4-3-5-15(8-14)25-13(2)29/h3-10,26H,11H2,1-2H3,(H,25,29). The Labute approximate surface area is 180 Å². The molecule has 0 fully saturated rings. The number of aromatic amines is 1. The fourth-order valence-corrected chi connectivity index (χ4v) is 3.72. The van der Waals surface area contributed by atoms with Gasteiger partial charge in [-0.3, -0.25) is 19.5 Å². The van der Waals surface area contributed by atoms with Crippen LogP contribution in [0, 0.1) is 12.7 Å². The summed E-state index contributed by atoms with van der Waals surface area (Å²) >= 11 is 5.85. The molecule has 2 N–H and O–H groups in total. The number of H-pyrrole nitrogens is 1. The zero-order chi connectivity index (χ0) is 22.3. The second-order valence-electron chi connectivity index (χ2n) is 7.18. The van der Waals surface area contributed by atoms with E-state index in [1.165, 1.54) is 40.4 Å². The zero-order valence-corrected chi connectivity index (χ0v) is 17.5. The Morgan fingerprint density at radius 3 is 2.65 bits per heavy atom. The van der Waals surface area contributed by atoms with Crippen molar-refractivity contribution in [2.45, 2.75) is 20.4 Å². The van der Waals surface area contributed by atoms with Crippen LogP contribution in [0.25, 0.3) is 16.6 Å². The summed E-state index contributed by atoms with van der Waals surface area (Å²) < 4.78 is 16.2. The highest BCUT2D eigenvalue weighted by molar-refractivity contribution is 6.30.